The highest BCUT2D eigenvalue weighted by Gasteiger charge is 2.18. The van der Waals surface area contributed by atoms with Gasteiger partial charge in [0.15, 0.2) is 5.78 Å². The fourth-order valence-electron chi connectivity index (χ4n) is 2.60. The summed E-state index contributed by atoms with van der Waals surface area (Å²) in [5, 5.41) is 10.5. The van der Waals surface area contributed by atoms with Crippen LogP contribution in [0.3, 0.4) is 0 Å². The van der Waals surface area contributed by atoms with Crippen molar-refractivity contribution in [3.05, 3.63) is 76.5 Å². The second-order valence-electron chi connectivity index (χ2n) is 6.03. The van der Waals surface area contributed by atoms with E-state index in [1.54, 1.807) is 0 Å². The number of nitrogens with one attached hydrogen (secondary N) is 1. The maximum absolute atomic E-state index is 12.1. The van der Waals surface area contributed by atoms with Crippen molar-refractivity contribution in [2.75, 3.05) is 11.9 Å². The summed E-state index contributed by atoms with van der Waals surface area (Å²) in [6.45, 7) is 8.03. The van der Waals surface area contributed by atoms with E-state index in [2.05, 4.69) is 29.0 Å². The minimum absolute atomic E-state index is 0.0256. The molecule has 2 aromatic carbocycles. The Bertz CT molecular complexity index is 888. The predicted octanol–water partition coefficient (Wildman–Crippen LogP) is 4.54. The van der Waals surface area contributed by atoms with Crippen molar-refractivity contribution in [1.29, 1.82) is 5.26 Å². The van der Waals surface area contributed by atoms with Crippen molar-refractivity contribution in [2.24, 2.45) is 4.99 Å². The quantitative estimate of drug-likeness (QED) is 0.848. The number of nitrogens with zero attached hydrogens (tertiary/aromatic N) is 3. The maximum Gasteiger partial charge on any atom is 0.203 e. The number of guanidine groups is 1. The van der Waals surface area contributed by atoms with Gasteiger partial charge in [0.2, 0.25) is 5.96 Å². The second-order valence-corrected chi connectivity index (χ2v) is 6.43. The van der Waals surface area contributed by atoms with E-state index >= 15 is 0 Å². The Morgan fingerprint density at radius 3 is 2.56 bits per heavy atom. The van der Waals surface area contributed by atoms with E-state index in [0.717, 1.165) is 16.8 Å². The lowest BCUT2D eigenvalue weighted by Gasteiger charge is -2.24. The number of aliphatic imine (C=N–C) groups is 1. The lowest BCUT2D eigenvalue weighted by Crippen LogP contribution is -2.32. The zero-order chi connectivity index (χ0) is 19.8. The molecule has 0 amide bonds. The Kier molecular flexibility index (Phi) is 7.16. The first-order valence-corrected chi connectivity index (χ1v) is 8.77. The van der Waals surface area contributed by atoms with Gasteiger partial charge in [-0.2, -0.15) is 0 Å². The van der Waals surface area contributed by atoms with Crippen LogP contribution in [0, 0.1) is 18.8 Å². The highest BCUT2D eigenvalue weighted by atomic mass is 35.5. The number of benzene rings is 2. The van der Waals surface area contributed by atoms with Crippen LogP contribution in [0.2, 0.25) is 5.02 Å². The molecule has 0 aliphatic carbocycles. The Morgan fingerprint density at radius 1 is 1.15 bits per heavy atom. The molecule has 0 saturated heterocycles. The molecule has 1 heterocycles. The maximum atomic E-state index is 12.1. The molecule has 1 aliphatic rings. The van der Waals surface area contributed by atoms with Crippen molar-refractivity contribution in [3.8, 4) is 6.57 Å². The molecule has 5 nitrogen and oxygen atoms in total. The molecule has 2 aromatic rings. The van der Waals surface area contributed by atoms with Crippen LogP contribution >= 0.6 is 11.6 Å². The van der Waals surface area contributed by atoms with E-state index < -0.39 is 0 Å². The van der Waals surface area contributed by atoms with Gasteiger partial charge < -0.3 is 10.2 Å². The van der Waals surface area contributed by atoms with Gasteiger partial charge in [-0.1, -0.05) is 48.0 Å². The Hall–Kier alpha value is -3.10. The smallest absolute Gasteiger partial charge is 0.203 e. The van der Waals surface area contributed by atoms with E-state index in [-0.39, 0.29) is 12.3 Å². The van der Waals surface area contributed by atoms with Crippen molar-refractivity contribution in [1.82, 2.24) is 4.90 Å². The fraction of sp³-hybridized carbons (Fsp3) is 0.190. The Labute approximate surface area is 164 Å². The topological polar surface area (TPSA) is 68.5 Å². The van der Waals surface area contributed by atoms with Crippen LogP contribution in [-0.2, 0) is 11.3 Å². The van der Waals surface area contributed by atoms with Gasteiger partial charge in [0.25, 0.3) is 0 Å². The lowest BCUT2D eigenvalue weighted by molar-refractivity contribution is -0.114. The van der Waals surface area contributed by atoms with Crippen LogP contribution < -0.4 is 5.32 Å². The third kappa shape index (κ3) is 5.19. The van der Waals surface area contributed by atoms with E-state index in [1.807, 2.05) is 61.3 Å². The van der Waals surface area contributed by atoms with Gasteiger partial charge in [-0.05, 0) is 37.1 Å². The third-order valence-corrected chi connectivity index (χ3v) is 4.55. The summed E-state index contributed by atoms with van der Waals surface area (Å²) in [6, 6.07) is 15.8. The number of anilines is 1. The van der Waals surface area contributed by atoms with Crippen molar-refractivity contribution >= 4 is 29.0 Å². The van der Waals surface area contributed by atoms with Gasteiger partial charge in [0, 0.05) is 29.1 Å². The summed E-state index contributed by atoms with van der Waals surface area (Å²) in [7, 11) is 0. The Morgan fingerprint density at radius 2 is 1.85 bits per heavy atom. The van der Waals surface area contributed by atoms with E-state index in [1.165, 1.54) is 0 Å². The first kappa shape index (κ1) is 20.2. The van der Waals surface area contributed by atoms with Crippen LogP contribution in [0.25, 0.3) is 0 Å². The zero-order valence-electron chi connectivity index (χ0n) is 15.3. The number of hydrogen-bond donors (Lipinski definition) is 1. The molecule has 1 N–H and O–H groups in total. The number of nitriles is 1. The lowest BCUT2D eigenvalue weighted by atomic mass is 10.2. The van der Waals surface area contributed by atoms with Crippen molar-refractivity contribution < 1.29 is 4.79 Å². The molecule has 0 spiro atoms. The van der Waals surface area contributed by atoms with Crippen molar-refractivity contribution in [3.63, 3.8) is 0 Å². The summed E-state index contributed by atoms with van der Waals surface area (Å²) in [6.07, 6.45) is 1.86. The molecule has 0 atom stereocenters. The predicted molar refractivity (Wildman–Crippen MR) is 110 cm³/mol. The fourth-order valence-corrected chi connectivity index (χ4v) is 2.78. The zero-order valence-corrected chi connectivity index (χ0v) is 16.1. The normalized spacial score (nSPS) is 13.7. The molecule has 1 aliphatic heterocycles. The number of rotatable bonds is 3. The minimum Gasteiger partial charge on any atom is -0.326 e. The summed E-state index contributed by atoms with van der Waals surface area (Å²) in [5.74, 6) is 0.664. The van der Waals surface area contributed by atoms with E-state index in [9.17, 15) is 4.79 Å². The molecule has 0 unspecified atom stereocenters. The van der Waals surface area contributed by atoms with Crippen LogP contribution in [0.4, 0.5) is 5.69 Å². The van der Waals surface area contributed by atoms with Crippen LogP contribution in [-0.4, -0.2) is 23.2 Å². The van der Waals surface area contributed by atoms with E-state index in [4.69, 9.17) is 16.9 Å². The number of hydrogen-bond acceptors (Lipinski definition) is 5. The monoisotopic (exact) mass is 380 g/mol. The molecule has 27 heavy (non-hydrogen) atoms. The van der Waals surface area contributed by atoms with Gasteiger partial charge in [0.1, 0.15) is 6.54 Å². The molecule has 138 valence electrons. The van der Waals surface area contributed by atoms with Crippen LogP contribution in [0.15, 0.2) is 65.3 Å². The summed E-state index contributed by atoms with van der Waals surface area (Å²) in [4.78, 5) is 18.5. The first-order chi connectivity index (χ1) is 13.0. The van der Waals surface area contributed by atoms with Gasteiger partial charge in [-0.25, -0.2) is 10.3 Å². The number of carbonyl (C=O) groups is 1. The molecule has 0 radical (unpaired) electrons. The van der Waals surface area contributed by atoms with Gasteiger partial charge >= 0.3 is 0 Å². The average molecular weight is 381 g/mol. The van der Waals surface area contributed by atoms with Crippen molar-refractivity contribution in [2.45, 2.75) is 20.4 Å². The molecule has 3 rings (SSSR count). The SMILES string of the molecule is C#N.CC1=CN(Cc2ccccc2)C(Nc2cccc(Cl)c2C)=NCC1=O. The molecule has 0 fully saturated rings. The number of ketones is 1. The number of Topliss-reactive ketones (excluding diaryl/α,β-unsaturated/α-hetero) is 1. The first-order valence-electron chi connectivity index (χ1n) is 8.39. The standard InChI is InChI=1S/C20H20ClN3O.CHN/c1-14-12-24(13-16-7-4-3-5-8-16)20(22-11-19(14)25)23-18-10-6-9-17(21)15(18)2;1-2/h3-10,12H,11,13H2,1-2H3,(H,22,23);1H. The summed E-state index contributed by atoms with van der Waals surface area (Å²) in [5.41, 5.74) is 3.66. The molecular weight excluding hydrogens is 360 g/mol. The molecular formula is C21H21ClN4O. The highest BCUT2D eigenvalue weighted by Crippen LogP contribution is 2.24. The average Bonchev–Trinajstić information content (AvgIpc) is 2.81. The second kappa shape index (κ2) is 9.56. The number of halogens is 1. The minimum atomic E-state index is 0.0256. The summed E-state index contributed by atoms with van der Waals surface area (Å²) >= 11 is 6.22. The largest absolute Gasteiger partial charge is 0.326 e. The summed E-state index contributed by atoms with van der Waals surface area (Å²) < 4.78 is 0. The van der Waals surface area contributed by atoms with Gasteiger partial charge in [-0.3, -0.25) is 4.79 Å². The molecule has 6 heteroatoms. The molecule has 0 aromatic heterocycles. The van der Waals surface area contributed by atoms with E-state index in [0.29, 0.717) is 23.1 Å². The third-order valence-electron chi connectivity index (χ3n) is 4.14. The van der Waals surface area contributed by atoms with Crippen LogP contribution in [0.1, 0.15) is 18.1 Å². The number of carbonyl (C=O) groups excluding carboxylic acids is 1. The van der Waals surface area contributed by atoms with Gasteiger partial charge in [-0.15, -0.1) is 0 Å². The Balaban J connectivity index is 0.00000126. The van der Waals surface area contributed by atoms with Gasteiger partial charge in [0.05, 0.1) is 6.54 Å². The molecule has 0 saturated carbocycles. The highest BCUT2D eigenvalue weighted by molar-refractivity contribution is 6.31. The molecule has 0 bridgehead atoms. The van der Waals surface area contributed by atoms with Crippen LogP contribution in [0.5, 0.6) is 0 Å².